The van der Waals surface area contributed by atoms with Crippen LogP contribution in [0.3, 0.4) is 0 Å². The van der Waals surface area contributed by atoms with E-state index in [-0.39, 0.29) is 18.9 Å². The fourth-order valence-electron chi connectivity index (χ4n) is 2.87. The van der Waals surface area contributed by atoms with Gasteiger partial charge < -0.3 is 24.4 Å². The summed E-state index contributed by atoms with van der Waals surface area (Å²) in [6, 6.07) is 7.26. The second-order valence-electron chi connectivity index (χ2n) is 5.87. The van der Waals surface area contributed by atoms with Crippen LogP contribution in [0.4, 0.5) is 4.79 Å². The van der Waals surface area contributed by atoms with Crippen molar-refractivity contribution in [2.24, 2.45) is 0 Å². The molecule has 2 aliphatic rings. The third kappa shape index (κ3) is 3.57. The van der Waals surface area contributed by atoms with Crippen LogP contribution in [-0.2, 0) is 6.54 Å². The molecule has 3 heterocycles. The van der Waals surface area contributed by atoms with E-state index < -0.39 is 0 Å². The molecular weight excluding hydrogens is 324 g/mol. The highest BCUT2D eigenvalue weighted by molar-refractivity contribution is 5.74. The first-order chi connectivity index (χ1) is 12.3. The van der Waals surface area contributed by atoms with Gasteiger partial charge in [0.2, 0.25) is 12.7 Å². The molecule has 0 aliphatic carbocycles. The number of benzene rings is 1. The molecule has 2 aliphatic heterocycles. The number of nitrogens with zero attached hydrogens (tertiary/aromatic N) is 3. The van der Waals surface area contributed by atoms with E-state index in [1.54, 1.807) is 17.2 Å². The quantitative estimate of drug-likeness (QED) is 0.908. The molecule has 2 aromatic rings. The molecule has 130 valence electrons. The number of hydrogen-bond acceptors (Lipinski definition) is 6. The Morgan fingerprint density at radius 1 is 1.32 bits per heavy atom. The molecule has 25 heavy (non-hydrogen) atoms. The second kappa shape index (κ2) is 6.84. The number of likely N-dealkylation sites (tertiary alicyclic amines) is 1. The molecule has 1 atom stereocenters. The van der Waals surface area contributed by atoms with E-state index in [1.165, 1.54) is 6.33 Å². The summed E-state index contributed by atoms with van der Waals surface area (Å²) < 4.78 is 16.4. The second-order valence-corrected chi connectivity index (χ2v) is 5.87. The molecule has 4 rings (SSSR count). The topological polar surface area (TPSA) is 85.8 Å². The number of aromatic nitrogens is 2. The number of rotatable bonds is 4. The summed E-state index contributed by atoms with van der Waals surface area (Å²) in [5, 5.41) is 2.93. The SMILES string of the molecule is O=C(NCc1ccc2c(c1)OCO2)N1CC[C@H](Oc2ccncn2)C1. The lowest BCUT2D eigenvalue weighted by molar-refractivity contribution is 0.174. The normalized spacial score (nSPS) is 18.2. The van der Waals surface area contributed by atoms with Gasteiger partial charge >= 0.3 is 6.03 Å². The lowest BCUT2D eigenvalue weighted by Crippen LogP contribution is -2.39. The van der Waals surface area contributed by atoms with Gasteiger partial charge in [-0.2, -0.15) is 0 Å². The van der Waals surface area contributed by atoms with Crippen molar-refractivity contribution in [2.45, 2.75) is 19.1 Å². The molecule has 8 heteroatoms. The molecular formula is C17H18N4O4. The highest BCUT2D eigenvalue weighted by atomic mass is 16.7. The fraction of sp³-hybridized carbons (Fsp3) is 0.353. The number of ether oxygens (including phenoxy) is 3. The number of amides is 2. The summed E-state index contributed by atoms with van der Waals surface area (Å²) in [6.45, 7) is 1.87. The van der Waals surface area contributed by atoms with Crippen LogP contribution in [-0.4, -0.2) is 46.9 Å². The van der Waals surface area contributed by atoms with Gasteiger partial charge in [-0.15, -0.1) is 0 Å². The van der Waals surface area contributed by atoms with Crippen molar-refractivity contribution in [2.75, 3.05) is 19.9 Å². The molecule has 1 aromatic heterocycles. The van der Waals surface area contributed by atoms with Crippen LogP contribution in [0, 0.1) is 0 Å². The van der Waals surface area contributed by atoms with Crippen molar-refractivity contribution < 1.29 is 19.0 Å². The summed E-state index contributed by atoms with van der Waals surface area (Å²) in [5.74, 6) is 1.98. The molecule has 0 unspecified atom stereocenters. The third-order valence-electron chi connectivity index (χ3n) is 4.16. The summed E-state index contributed by atoms with van der Waals surface area (Å²) in [6.07, 6.45) is 3.81. The van der Waals surface area contributed by atoms with Gasteiger partial charge in [0, 0.05) is 31.8 Å². The van der Waals surface area contributed by atoms with Gasteiger partial charge in [0.05, 0.1) is 6.54 Å². The number of nitrogens with one attached hydrogen (secondary N) is 1. The van der Waals surface area contributed by atoms with E-state index in [1.807, 2.05) is 18.2 Å². The molecule has 0 bridgehead atoms. The minimum Gasteiger partial charge on any atom is -0.472 e. The van der Waals surface area contributed by atoms with E-state index >= 15 is 0 Å². The van der Waals surface area contributed by atoms with Gasteiger partial charge in [-0.1, -0.05) is 6.07 Å². The molecule has 0 spiro atoms. The third-order valence-corrected chi connectivity index (χ3v) is 4.16. The van der Waals surface area contributed by atoms with Gasteiger partial charge in [-0.05, 0) is 17.7 Å². The predicted molar refractivity (Wildman–Crippen MR) is 87.4 cm³/mol. The molecule has 0 saturated carbocycles. The Morgan fingerprint density at radius 3 is 3.12 bits per heavy atom. The largest absolute Gasteiger partial charge is 0.472 e. The van der Waals surface area contributed by atoms with Gasteiger partial charge in [0.25, 0.3) is 0 Å². The maximum absolute atomic E-state index is 12.3. The van der Waals surface area contributed by atoms with Gasteiger partial charge in [-0.3, -0.25) is 0 Å². The van der Waals surface area contributed by atoms with E-state index in [2.05, 4.69) is 15.3 Å². The Kier molecular flexibility index (Phi) is 4.24. The molecule has 8 nitrogen and oxygen atoms in total. The van der Waals surface area contributed by atoms with Crippen LogP contribution < -0.4 is 19.5 Å². The number of carbonyl (C=O) groups excluding carboxylic acids is 1. The van der Waals surface area contributed by atoms with Crippen molar-refractivity contribution in [3.8, 4) is 17.4 Å². The van der Waals surface area contributed by atoms with Crippen molar-refractivity contribution in [1.29, 1.82) is 0 Å². The van der Waals surface area contributed by atoms with E-state index in [0.29, 0.717) is 31.3 Å². The average Bonchev–Trinajstić information content (AvgIpc) is 3.29. The Balaban J connectivity index is 1.27. The summed E-state index contributed by atoms with van der Waals surface area (Å²) in [5.41, 5.74) is 0.964. The number of hydrogen-bond donors (Lipinski definition) is 1. The summed E-state index contributed by atoms with van der Waals surface area (Å²) >= 11 is 0. The highest BCUT2D eigenvalue weighted by Crippen LogP contribution is 2.32. The summed E-state index contributed by atoms with van der Waals surface area (Å²) in [4.78, 5) is 22.0. The van der Waals surface area contributed by atoms with Crippen LogP contribution in [0.15, 0.2) is 36.8 Å². The predicted octanol–water partition coefficient (Wildman–Crippen LogP) is 1.57. The van der Waals surface area contributed by atoms with Crippen LogP contribution in [0.2, 0.25) is 0 Å². The first kappa shape index (κ1) is 15.5. The Bertz CT molecular complexity index is 756. The molecule has 1 N–H and O–H groups in total. The first-order valence-electron chi connectivity index (χ1n) is 8.12. The lowest BCUT2D eigenvalue weighted by atomic mass is 10.2. The zero-order valence-electron chi connectivity index (χ0n) is 13.6. The molecule has 1 aromatic carbocycles. The first-order valence-corrected chi connectivity index (χ1v) is 8.12. The Hall–Kier alpha value is -3.03. The molecule has 0 radical (unpaired) electrons. The Labute approximate surface area is 144 Å². The minimum absolute atomic E-state index is 0.0498. The van der Waals surface area contributed by atoms with Gasteiger partial charge in [0.15, 0.2) is 11.5 Å². The average molecular weight is 342 g/mol. The zero-order valence-corrected chi connectivity index (χ0v) is 13.6. The van der Waals surface area contributed by atoms with E-state index in [0.717, 1.165) is 17.7 Å². The van der Waals surface area contributed by atoms with Crippen LogP contribution >= 0.6 is 0 Å². The van der Waals surface area contributed by atoms with Crippen molar-refractivity contribution in [1.82, 2.24) is 20.2 Å². The smallest absolute Gasteiger partial charge is 0.317 e. The maximum Gasteiger partial charge on any atom is 0.317 e. The van der Waals surface area contributed by atoms with E-state index in [4.69, 9.17) is 14.2 Å². The maximum atomic E-state index is 12.3. The van der Waals surface area contributed by atoms with Crippen LogP contribution in [0.5, 0.6) is 17.4 Å². The zero-order chi connectivity index (χ0) is 17.1. The van der Waals surface area contributed by atoms with Crippen molar-refractivity contribution >= 4 is 6.03 Å². The summed E-state index contributed by atoms with van der Waals surface area (Å²) in [7, 11) is 0. The number of carbonyl (C=O) groups is 1. The highest BCUT2D eigenvalue weighted by Gasteiger charge is 2.27. The van der Waals surface area contributed by atoms with Gasteiger partial charge in [0.1, 0.15) is 12.4 Å². The monoisotopic (exact) mass is 342 g/mol. The number of fused-ring (bicyclic) bond motifs is 1. The van der Waals surface area contributed by atoms with Crippen LogP contribution in [0.25, 0.3) is 0 Å². The molecule has 1 fully saturated rings. The van der Waals surface area contributed by atoms with E-state index in [9.17, 15) is 4.79 Å². The van der Waals surface area contributed by atoms with Crippen molar-refractivity contribution in [3.05, 3.63) is 42.4 Å². The number of urea groups is 1. The van der Waals surface area contributed by atoms with Gasteiger partial charge in [-0.25, -0.2) is 14.8 Å². The van der Waals surface area contributed by atoms with Crippen molar-refractivity contribution in [3.63, 3.8) is 0 Å². The minimum atomic E-state index is -0.105. The fourth-order valence-corrected chi connectivity index (χ4v) is 2.87. The van der Waals surface area contributed by atoms with Crippen LogP contribution in [0.1, 0.15) is 12.0 Å². The lowest BCUT2D eigenvalue weighted by Gasteiger charge is -2.17. The molecule has 1 saturated heterocycles. The molecule has 2 amide bonds. The standard InChI is InChI=1S/C17H18N4O4/c22-17(19-8-12-1-2-14-15(7-12)24-11-23-14)21-6-4-13(9-21)25-16-3-5-18-10-20-16/h1-3,5,7,10,13H,4,6,8-9,11H2,(H,19,22)/t13-/m0/s1. The Morgan fingerprint density at radius 2 is 2.24 bits per heavy atom.